The highest BCUT2D eigenvalue weighted by molar-refractivity contribution is 6.02. The smallest absolute Gasteiger partial charge is 0.354 e. The van der Waals surface area contributed by atoms with Gasteiger partial charge in [0, 0.05) is 6.42 Å². The van der Waals surface area contributed by atoms with Crippen molar-refractivity contribution in [2.75, 3.05) is 0 Å². The Hall–Kier alpha value is -1.67. The highest BCUT2D eigenvalue weighted by Gasteiger charge is 2.78. The van der Waals surface area contributed by atoms with E-state index in [0.717, 1.165) is 25.7 Å². The van der Waals surface area contributed by atoms with Crippen LogP contribution in [0.3, 0.4) is 0 Å². The maximum atomic E-state index is 12.2. The molecule has 2 saturated heterocycles. The molecule has 0 radical (unpaired) electrons. The van der Waals surface area contributed by atoms with E-state index >= 15 is 0 Å². The van der Waals surface area contributed by atoms with Crippen LogP contribution in [0.1, 0.15) is 71.1 Å². The zero-order valence-corrected chi connectivity index (χ0v) is 15.1. The van der Waals surface area contributed by atoms with Gasteiger partial charge in [0.05, 0.1) is 0 Å². The molecule has 3 N–H and O–H groups in total. The van der Waals surface area contributed by atoms with Crippen molar-refractivity contribution in [3.8, 4) is 0 Å². The summed E-state index contributed by atoms with van der Waals surface area (Å²) in [6.45, 7) is 2.17. The van der Waals surface area contributed by atoms with E-state index in [2.05, 4.69) is 6.92 Å². The lowest BCUT2D eigenvalue weighted by Crippen LogP contribution is -2.63. The first-order valence-electron chi connectivity index (χ1n) is 9.37. The fourth-order valence-electron chi connectivity index (χ4n) is 3.74. The van der Waals surface area contributed by atoms with E-state index in [4.69, 9.17) is 9.47 Å². The molecule has 2 rings (SSSR count). The second-order valence-corrected chi connectivity index (χ2v) is 7.22. The zero-order chi connectivity index (χ0) is 19.4. The molecule has 2 heterocycles. The summed E-state index contributed by atoms with van der Waals surface area (Å²) in [4.78, 5) is 35.3. The van der Waals surface area contributed by atoms with Crippen molar-refractivity contribution >= 4 is 17.9 Å². The molecule has 26 heavy (non-hydrogen) atoms. The molecule has 2 fully saturated rings. The van der Waals surface area contributed by atoms with Gasteiger partial charge >= 0.3 is 17.9 Å². The summed E-state index contributed by atoms with van der Waals surface area (Å²) in [5, 5.41) is 29.4. The Morgan fingerprint density at radius 2 is 1.69 bits per heavy atom. The third-order valence-electron chi connectivity index (χ3n) is 5.33. The summed E-state index contributed by atoms with van der Waals surface area (Å²) in [7, 11) is 0. The molecule has 0 unspecified atom stereocenters. The minimum Gasteiger partial charge on any atom is -0.479 e. The van der Waals surface area contributed by atoms with Crippen LogP contribution in [0.2, 0.25) is 0 Å². The Kier molecular flexibility index (Phi) is 6.63. The lowest BCUT2D eigenvalue weighted by molar-refractivity contribution is -0.195. The van der Waals surface area contributed by atoms with Crippen molar-refractivity contribution in [1.29, 1.82) is 0 Å². The molecule has 0 aliphatic carbocycles. The van der Waals surface area contributed by atoms with Crippen LogP contribution in [0.5, 0.6) is 0 Å². The number of carbonyl (C=O) groups excluding carboxylic acids is 2. The average molecular weight is 372 g/mol. The zero-order valence-electron chi connectivity index (χ0n) is 15.1. The van der Waals surface area contributed by atoms with E-state index in [1.807, 2.05) is 0 Å². The van der Waals surface area contributed by atoms with Crippen LogP contribution in [0.4, 0.5) is 0 Å². The number of unbranched alkanes of at least 4 members (excludes halogenated alkanes) is 7. The molecular weight excluding hydrogens is 344 g/mol. The van der Waals surface area contributed by atoms with Gasteiger partial charge in [-0.25, -0.2) is 14.4 Å². The fourth-order valence-corrected chi connectivity index (χ4v) is 3.74. The fraction of sp³-hybridized carbons (Fsp3) is 0.833. The summed E-state index contributed by atoms with van der Waals surface area (Å²) >= 11 is 0. The van der Waals surface area contributed by atoms with Crippen LogP contribution in [-0.4, -0.2) is 56.6 Å². The van der Waals surface area contributed by atoms with Crippen LogP contribution >= 0.6 is 0 Å². The Morgan fingerprint density at radius 1 is 1.12 bits per heavy atom. The molecule has 0 amide bonds. The Labute approximate surface area is 152 Å². The second-order valence-electron chi connectivity index (χ2n) is 7.22. The average Bonchev–Trinajstić information content (AvgIpc) is 3.01. The lowest BCUT2D eigenvalue weighted by atomic mass is 9.78. The molecule has 0 aromatic carbocycles. The van der Waals surface area contributed by atoms with Gasteiger partial charge in [-0.05, 0) is 12.8 Å². The minimum absolute atomic E-state index is 0.270. The summed E-state index contributed by atoms with van der Waals surface area (Å²) < 4.78 is 9.98. The van der Waals surface area contributed by atoms with E-state index in [1.54, 1.807) is 0 Å². The number of carbonyl (C=O) groups is 3. The Balaban J connectivity index is 1.86. The minimum atomic E-state index is -3.03. The maximum absolute atomic E-state index is 12.2. The summed E-state index contributed by atoms with van der Waals surface area (Å²) in [5.74, 6) is -4.34. The van der Waals surface area contributed by atoms with Crippen LogP contribution < -0.4 is 0 Å². The molecule has 0 aromatic heterocycles. The Bertz CT molecular complexity index is 547. The van der Waals surface area contributed by atoms with Gasteiger partial charge in [-0.15, -0.1) is 0 Å². The van der Waals surface area contributed by atoms with Crippen molar-refractivity contribution in [1.82, 2.24) is 0 Å². The number of aliphatic hydroxyl groups excluding tert-OH is 1. The van der Waals surface area contributed by atoms with Crippen molar-refractivity contribution in [3.63, 3.8) is 0 Å². The SMILES string of the molecule is CCCCCCCCCC[C@H]1C[C@]2(OC(=O)[C@@H](O)[C@@]2(O)C(=O)O)C(=O)O1. The van der Waals surface area contributed by atoms with Gasteiger partial charge in [0.15, 0.2) is 6.10 Å². The molecule has 8 nitrogen and oxygen atoms in total. The van der Waals surface area contributed by atoms with Crippen molar-refractivity contribution in [2.24, 2.45) is 0 Å². The van der Waals surface area contributed by atoms with Crippen LogP contribution in [0.15, 0.2) is 0 Å². The number of hydrogen-bond donors (Lipinski definition) is 3. The number of aliphatic carboxylic acids is 1. The molecule has 0 saturated carbocycles. The molecule has 2 aliphatic rings. The van der Waals surface area contributed by atoms with Crippen molar-refractivity contribution < 1.29 is 39.2 Å². The number of cyclic esters (lactones) is 1. The van der Waals surface area contributed by atoms with Gasteiger partial charge in [-0.3, -0.25) is 0 Å². The van der Waals surface area contributed by atoms with E-state index in [-0.39, 0.29) is 6.42 Å². The third kappa shape index (κ3) is 3.57. The van der Waals surface area contributed by atoms with Gasteiger partial charge in [-0.1, -0.05) is 51.9 Å². The predicted molar refractivity (Wildman–Crippen MR) is 89.1 cm³/mol. The summed E-state index contributed by atoms with van der Waals surface area (Å²) in [6, 6.07) is 0. The molecule has 1 spiro atoms. The topological polar surface area (TPSA) is 130 Å². The molecule has 4 atom stereocenters. The van der Waals surface area contributed by atoms with Crippen LogP contribution in [0, 0.1) is 0 Å². The number of esters is 2. The van der Waals surface area contributed by atoms with E-state index in [1.165, 1.54) is 25.7 Å². The standard InChI is InChI=1S/C18H28O8/c1-2-3-4-5-6-7-8-9-10-12-11-17(16(23)25-12)18(24,15(21)22)13(19)14(20)26-17/h12-13,19,24H,2-11H2,1H3,(H,21,22)/t12-,13+,17-,18+/m0/s1. The maximum Gasteiger partial charge on any atom is 0.354 e. The van der Waals surface area contributed by atoms with Crippen molar-refractivity contribution in [2.45, 2.75) is 94.5 Å². The number of carboxylic acids is 1. The first kappa shape index (κ1) is 20.6. The van der Waals surface area contributed by atoms with Gasteiger partial charge in [0.25, 0.3) is 5.60 Å². The first-order valence-corrected chi connectivity index (χ1v) is 9.37. The molecule has 8 heteroatoms. The van der Waals surface area contributed by atoms with Gasteiger partial charge in [0.1, 0.15) is 6.10 Å². The molecule has 148 valence electrons. The van der Waals surface area contributed by atoms with Crippen LogP contribution in [-0.2, 0) is 23.9 Å². The number of aliphatic hydroxyl groups is 2. The molecule has 0 bridgehead atoms. The number of rotatable bonds is 10. The number of hydrogen-bond acceptors (Lipinski definition) is 7. The van der Waals surface area contributed by atoms with E-state index < -0.39 is 41.3 Å². The van der Waals surface area contributed by atoms with E-state index in [0.29, 0.717) is 6.42 Å². The largest absolute Gasteiger partial charge is 0.479 e. The lowest BCUT2D eigenvalue weighted by Gasteiger charge is -2.30. The number of carboxylic acid groups (broad SMARTS) is 1. The number of ether oxygens (including phenoxy) is 2. The van der Waals surface area contributed by atoms with Gasteiger partial charge < -0.3 is 24.8 Å². The summed E-state index contributed by atoms with van der Waals surface area (Å²) in [5.41, 5.74) is -5.41. The van der Waals surface area contributed by atoms with Crippen LogP contribution in [0.25, 0.3) is 0 Å². The first-order chi connectivity index (χ1) is 12.3. The monoisotopic (exact) mass is 372 g/mol. The van der Waals surface area contributed by atoms with Crippen molar-refractivity contribution in [3.05, 3.63) is 0 Å². The van der Waals surface area contributed by atoms with Gasteiger partial charge in [-0.2, -0.15) is 0 Å². The molecule has 0 aromatic rings. The predicted octanol–water partition coefficient (Wildman–Crippen LogP) is 1.30. The highest BCUT2D eigenvalue weighted by Crippen LogP contribution is 2.46. The van der Waals surface area contributed by atoms with Gasteiger partial charge in [0.2, 0.25) is 5.60 Å². The quantitative estimate of drug-likeness (QED) is 0.386. The van der Waals surface area contributed by atoms with E-state index in [9.17, 15) is 29.7 Å². The molecular formula is C18H28O8. The summed E-state index contributed by atoms with van der Waals surface area (Å²) in [6.07, 6.45) is 6.10. The highest BCUT2D eigenvalue weighted by atomic mass is 16.7. The normalized spacial score (nSPS) is 33.5. The second kappa shape index (κ2) is 8.35. The third-order valence-corrected chi connectivity index (χ3v) is 5.33. The Morgan fingerprint density at radius 3 is 2.27 bits per heavy atom. The molecule has 2 aliphatic heterocycles.